The fourth-order valence-corrected chi connectivity index (χ4v) is 4.63. The lowest BCUT2D eigenvalue weighted by molar-refractivity contribution is 0.0975. The minimum atomic E-state index is -0.466. The van der Waals surface area contributed by atoms with Crippen LogP contribution in [0, 0.1) is 0 Å². The lowest BCUT2D eigenvalue weighted by Gasteiger charge is -2.11. The smallest absolute Gasteiger partial charge is 0.258 e. The summed E-state index contributed by atoms with van der Waals surface area (Å²) in [5.74, 6) is -0.821. The van der Waals surface area contributed by atoms with E-state index >= 15 is 0 Å². The van der Waals surface area contributed by atoms with Gasteiger partial charge in [0.1, 0.15) is 5.00 Å². The monoisotopic (exact) mass is 388 g/mol. The number of hydrogen-bond donors (Lipinski definition) is 3. The van der Waals surface area contributed by atoms with Gasteiger partial charge in [-0.2, -0.15) is 0 Å². The second-order valence-corrected chi connectivity index (χ2v) is 7.65. The van der Waals surface area contributed by atoms with Gasteiger partial charge < -0.3 is 11.1 Å². The molecule has 0 saturated heterocycles. The predicted molar refractivity (Wildman–Crippen MR) is 107 cm³/mol. The van der Waals surface area contributed by atoms with Gasteiger partial charge in [-0.05, 0) is 55.6 Å². The van der Waals surface area contributed by atoms with Crippen molar-refractivity contribution in [3.63, 3.8) is 0 Å². The first-order chi connectivity index (χ1) is 12.6. The molecule has 3 rings (SSSR count). The molecule has 26 heavy (non-hydrogen) atoms. The fraction of sp³-hybridized carbons (Fsp3) is 0.333. The number of carbonyl (C=O) groups is 2. The molecule has 0 radical (unpaired) electrons. The Bertz CT molecular complexity index is 833. The Morgan fingerprint density at radius 2 is 1.96 bits per heavy atom. The number of thiophene rings is 1. The lowest BCUT2D eigenvalue weighted by atomic mass is 9.96. The third kappa shape index (κ3) is 4.25. The summed E-state index contributed by atoms with van der Waals surface area (Å²) >= 11 is 6.74. The number of primary amides is 1. The van der Waals surface area contributed by atoms with Gasteiger partial charge in [0.2, 0.25) is 0 Å². The summed E-state index contributed by atoms with van der Waals surface area (Å²) in [6.07, 6.45) is 9.36. The lowest BCUT2D eigenvalue weighted by Crippen LogP contribution is -2.34. The molecule has 0 unspecified atom stereocenters. The normalized spacial score (nSPS) is 13.8. The van der Waals surface area contributed by atoms with Crippen LogP contribution in [0.4, 0.5) is 5.00 Å². The molecule has 0 bridgehead atoms. The molecule has 1 aliphatic carbocycles. The number of fused-ring (bicyclic) bond motifs is 1. The zero-order valence-electron chi connectivity index (χ0n) is 14.2. The molecular formula is C18H20N4O2S2. The van der Waals surface area contributed by atoms with Crippen molar-refractivity contribution >= 4 is 45.5 Å². The van der Waals surface area contributed by atoms with E-state index in [-0.39, 0.29) is 11.0 Å². The van der Waals surface area contributed by atoms with E-state index in [2.05, 4.69) is 15.6 Å². The highest BCUT2D eigenvalue weighted by atomic mass is 32.1. The Kier molecular flexibility index (Phi) is 5.95. The summed E-state index contributed by atoms with van der Waals surface area (Å²) in [7, 11) is 0. The number of anilines is 1. The van der Waals surface area contributed by atoms with Crippen molar-refractivity contribution in [2.24, 2.45) is 5.73 Å². The third-order valence-corrected chi connectivity index (χ3v) is 5.71. The van der Waals surface area contributed by atoms with Crippen LogP contribution >= 0.6 is 23.6 Å². The van der Waals surface area contributed by atoms with Gasteiger partial charge in [-0.15, -0.1) is 11.3 Å². The fourth-order valence-electron chi connectivity index (χ4n) is 3.07. The van der Waals surface area contributed by atoms with Gasteiger partial charge in [0, 0.05) is 17.3 Å². The standard InChI is InChI=1S/C18H20N4O2S2/c19-15(23)14-12-7-3-1-2-4-8-13(12)26-17(14)22-18(25)21-16(24)11-6-5-9-20-10-11/h5-6,9-10H,1-4,7-8H2,(H2,19,23)(H2,21,22,24,25). The minimum absolute atomic E-state index is 0.135. The summed E-state index contributed by atoms with van der Waals surface area (Å²) < 4.78 is 0. The van der Waals surface area contributed by atoms with E-state index in [0.29, 0.717) is 16.1 Å². The Hall–Kier alpha value is -2.32. The molecule has 136 valence electrons. The van der Waals surface area contributed by atoms with Crippen LogP contribution in [-0.2, 0) is 12.8 Å². The molecule has 6 nitrogen and oxygen atoms in total. The highest BCUT2D eigenvalue weighted by Gasteiger charge is 2.23. The maximum atomic E-state index is 12.2. The molecule has 8 heteroatoms. The van der Waals surface area contributed by atoms with Crippen molar-refractivity contribution in [2.45, 2.75) is 38.5 Å². The molecule has 2 aromatic rings. The number of thiocarbonyl (C=S) groups is 1. The summed E-state index contributed by atoms with van der Waals surface area (Å²) in [5.41, 5.74) is 7.58. The number of nitrogens with one attached hydrogen (secondary N) is 2. The van der Waals surface area contributed by atoms with E-state index < -0.39 is 5.91 Å². The van der Waals surface area contributed by atoms with E-state index in [4.69, 9.17) is 18.0 Å². The van der Waals surface area contributed by atoms with Crippen molar-refractivity contribution in [3.05, 3.63) is 46.1 Å². The number of amides is 2. The van der Waals surface area contributed by atoms with Gasteiger partial charge in [-0.1, -0.05) is 12.8 Å². The van der Waals surface area contributed by atoms with E-state index in [1.807, 2.05) is 0 Å². The predicted octanol–water partition coefficient (Wildman–Crippen LogP) is 3.03. The van der Waals surface area contributed by atoms with Gasteiger partial charge in [-0.25, -0.2) is 0 Å². The molecule has 0 spiro atoms. The molecular weight excluding hydrogens is 368 g/mol. The van der Waals surface area contributed by atoms with Gasteiger partial charge >= 0.3 is 0 Å². The maximum absolute atomic E-state index is 12.2. The molecule has 2 amide bonds. The number of nitrogens with zero attached hydrogens (tertiary/aromatic N) is 1. The quantitative estimate of drug-likeness (QED) is 0.702. The van der Waals surface area contributed by atoms with E-state index in [1.54, 1.807) is 18.3 Å². The average molecular weight is 389 g/mol. The average Bonchev–Trinajstić information content (AvgIpc) is 2.92. The Morgan fingerprint density at radius 3 is 2.65 bits per heavy atom. The molecule has 1 aliphatic rings. The first kappa shape index (κ1) is 18.5. The Labute approximate surface area is 161 Å². The van der Waals surface area contributed by atoms with Crippen molar-refractivity contribution < 1.29 is 9.59 Å². The molecule has 0 atom stereocenters. The van der Waals surface area contributed by atoms with Crippen LogP contribution in [0.1, 0.15) is 56.8 Å². The molecule has 0 aromatic carbocycles. The summed E-state index contributed by atoms with van der Waals surface area (Å²) in [6, 6.07) is 3.33. The second-order valence-electron chi connectivity index (χ2n) is 6.14. The molecule has 2 heterocycles. The first-order valence-corrected chi connectivity index (χ1v) is 9.75. The van der Waals surface area contributed by atoms with Gasteiger partial charge in [-0.3, -0.25) is 19.9 Å². The second kappa shape index (κ2) is 8.37. The first-order valence-electron chi connectivity index (χ1n) is 8.53. The largest absolute Gasteiger partial charge is 0.365 e. The van der Waals surface area contributed by atoms with Crippen molar-refractivity contribution in [2.75, 3.05) is 5.32 Å². The third-order valence-electron chi connectivity index (χ3n) is 4.30. The van der Waals surface area contributed by atoms with Crippen LogP contribution in [0.3, 0.4) is 0 Å². The van der Waals surface area contributed by atoms with Crippen LogP contribution in [0.5, 0.6) is 0 Å². The topological polar surface area (TPSA) is 97.1 Å². The zero-order valence-corrected chi connectivity index (χ0v) is 15.8. The van der Waals surface area contributed by atoms with Crippen molar-refractivity contribution in [1.29, 1.82) is 0 Å². The number of hydrogen-bond acceptors (Lipinski definition) is 5. The zero-order chi connectivity index (χ0) is 18.5. The Balaban J connectivity index is 1.78. The van der Waals surface area contributed by atoms with E-state index in [9.17, 15) is 9.59 Å². The van der Waals surface area contributed by atoms with Crippen molar-refractivity contribution in [1.82, 2.24) is 10.3 Å². The van der Waals surface area contributed by atoms with Gasteiger partial charge in [0.05, 0.1) is 11.1 Å². The summed E-state index contributed by atoms with van der Waals surface area (Å²) in [4.78, 5) is 29.3. The number of pyridine rings is 1. The van der Waals surface area contributed by atoms with E-state index in [1.165, 1.54) is 28.8 Å². The van der Waals surface area contributed by atoms with Gasteiger partial charge in [0.15, 0.2) is 5.11 Å². The highest BCUT2D eigenvalue weighted by Crippen LogP contribution is 2.36. The molecule has 0 saturated carbocycles. The maximum Gasteiger partial charge on any atom is 0.258 e. The summed E-state index contributed by atoms with van der Waals surface area (Å²) in [5, 5.41) is 6.35. The summed E-state index contributed by atoms with van der Waals surface area (Å²) in [6.45, 7) is 0. The molecule has 0 fully saturated rings. The number of carbonyl (C=O) groups excluding carboxylic acids is 2. The Morgan fingerprint density at radius 1 is 1.19 bits per heavy atom. The van der Waals surface area contributed by atoms with Crippen LogP contribution in [0.2, 0.25) is 0 Å². The number of aryl methyl sites for hydroxylation is 1. The van der Waals surface area contributed by atoms with Gasteiger partial charge in [0.25, 0.3) is 11.8 Å². The molecule has 2 aromatic heterocycles. The van der Waals surface area contributed by atoms with Crippen LogP contribution in [0.25, 0.3) is 0 Å². The number of rotatable bonds is 3. The van der Waals surface area contributed by atoms with E-state index in [0.717, 1.165) is 37.7 Å². The minimum Gasteiger partial charge on any atom is -0.365 e. The highest BCUT2D eigenvalue weighted by molar-refractivity contribution is 7.80. The van der Waals surface area contributed by atoms with Crippen LogP contribution < -0.4 is 16.4 Å². The number of aromatic nitrogens is 1. The van der Waals surface area contributed by atoms with Crippen LogP contribution in [-0.4, -0.2) is 21.9 Å². The molecule has 0 aliphatic heterocycles. The molecule has 4 N–H and O–H groups in total. The SMILES string of the molecule is NC(=O)c1c(NC(=S)NC(=O)c2cccnc2)sc2c1CCCCCC2. The van der Waals surface area contributed by atoms with Crippen LogP contribution in [0.15, 0.2) is 24.5 Å². The van der Waals surface area contributed by atoms with Crippen molar-refractivity contribution in [3.8, 4) is 0 Å². The number of nitrogens with two attached hydrogens (primary N) is 1.